The average Bonchev–Trinajstić information content (AvgIpc) is 2.90. The maximum atomic E-state index is 12.0. The molecule has 0 saturated heterocycles. The predicted octanol–water partition coefficient (Wildman–Crippen LogP) is 2.61. The summed E-state index contributed by atoms with van der Waals surface area (Å²) in [6.45, 7) is 9.54. The van der Waals surface area contributed by atoms with E-state index in [0.717, 1.165) is 11.5 Å². The zero-order valence-corrected chi connectivity index (χ0v) is 15.0. The van der Waals surface area contributed by atoms with Crippen molar-refractivity contribution < 1.29 is 19.1 Å². The molecule has 0 fully saturated rings. The van der Waals surface area contributed by atoms with Gasteiger partial charge in [0.15, 0.2) is 6.04 Å². The first kappa shape index (κ1) is 18.8. The predicted molar refractivity (Wildman–Crippen MR) is 88.3 cm³/mol. The molecule has 0 unspecified atom stereocenters. The first-order chi connectivity index (χ1) is 10.2. The molecular weight excluding hydrogens is 304 g/mol. The number of ether oxygens (including phenoxy) is 2. The summed E-state index contributed by atoms with van der Waals surface area (Å²) in [4.78, 5) is 28.0. The molecule has 1 aliphatic rings. The third kappa shape index (κ3) is 5.51. The highest BCUT2D eigenvalue weighted by Crippen LogP contribution is 2.25. The molecule has 0 aromatic heterocycles. The van der Waals surface area contributed by atoms with E-state index in [0.29, 0.717) is 5.75 Å². The highest BCUT2D eigenvalue weighted by molar-refractivity contribution is 8.14. The number of methoxy groups -OCH3 is 1. The molecule has 22 heavy (non-hydrogen) atoms. The maximum absolute atomic E-state index is 12.0. The first-order valence-electron chi connectivity index (χ1n) is 7.45. The smallest absolute Gasteiger partial charge is 0.408 e. The fourth-order valence-electron chi connectivity index (χ4n) is 1.94. The molecular formula is C15H26N2O4S. The van der Waals surface area contributed by atoms with Crippen molar-refractivity contribution in [1.29, 1.82) is 0 Å². The minimum absolute atomic E-state index is 0.190. The zero-order valence-electron chi connectivity index (χ0n) is 14.1. The molecule has 0 spiro atoms. The van der Waals surface area contributed by atoms with E-state index in [9.17, 15) is 9.59 Å². The summed E-state index contributed by atoms with van der Waals surface area (Å²) in [6.07, 6.45) is 0.408. The van der Waals surface area contributed by atoms with Crippen LogP contribution in [-0.2, 0) is 14.3 Å². The molecule has 1 rings (SSSR count). The van der Waals surface area contributed by atoms with Crippen LogP contribution in [0.1, 0.15) is 41.0 Å². The average molecular weight is 330 g/mol. The van der Waals surface area contributed by atoms with Crippen LogP contribution in [0.15, 0.2) is 4.99 Å². The Labute approximate surface area is 136 Å². The van der Waals surface area contributed by atoms with E-state index >= 15 is 0 Å². The summed E-state index contributed by atoms with van der Waals surface area (Å²) in [7, 11) is 1.35. The van der Waals surface area contributed by atoms with Gasteiger partial charge >= 0.3 is 12.1 Å². The molecule has 7 heteroatoms. The third-order valence-corrected chi connectivity index (χ3v) is 4.43. The first-order valence-corrected chi connectivity index (χ1v) is 8.44. The summed E-state index contributed by atoms with van der Waals surface area (Å²) in [5.41, 5.74) is -0.552. The molecule has 0 radical (unpaired) electrons. The Morgan fingerprint density at radius 3 is 2.59 bits per heavy atom. The van der Waals surface area contributed by atoms with Crippen LogP contribution in [0.25, 0.3) is 0 Å². The van der Waals surface area contributed by atoms with Gasteiger partial charge in [-0.15, -0.1) is 11.8 Å². The lowest BCUT2D eigenvalue weighted by Gasteiger charge is -2.26. The molecule has 1 aliphatic heterocycles. The molecule has 1 N–H and O–H groups in total. The molecule has 126 valence electrons. The SMILES string of the molecule is CC[C@H](C)[C@H](NC(=O)OC(C)(C)C)C1=N[C@H](C(=O)OC)CS1. The van der Waals surface area contributed by atoms with E-state index in [4.69, 9.17) is 9.47 Å². The Hall–Kier alpha value is -1.24. The van der Waals surface area contributed by atoms with E-state index in [1.165, 1.54) is 18.9 Å². The normalized spacial score (nSPS) is 20.8. The lowest BCUT2D eigenvalue weighted by atomic mass is 10.00. The van der Waals surface area contributed by atoms with Crippen LogP contribution < -0.4 is 5.32 Å². The van der Waals surface area contributed by atoms with Gasteiger partial charge in [-0.2, -0.15) is 0 Å². The summed E-state index contributed by atoms with van der Waals surface area (Å²) in [5.74, 6) is 0.392. The number of rotatable bonds is 5. The molecule has 0 aromatic rings. The number of aliphatic imine (C=N–C) groups is 1. The molecule has 0 aliphatic carbocycles. The van der Waals surface area contributed by atoms with Crippen molar-refractivity contribution in [2.75, 3.05) is 12.9 Å². The summed E-state index contributed by atoms with van der Waals surface area (Å²) in [6, 6.07) is -0.739. The van der Waals surface area contributed by atoms with Gasteiger partial charge in [0.2, 0.25) is 0 Å². The number of nitrogens with zero attached hydrogens (tertiary/aromatic N) is 1. The number of esters is 1. The minimum atomic E-state index is -0.552. The van der Waals surface area contributed by atoms with Crippen LogP contribution >= 0.6 is 11.8 Å². The highest BCUT2D eigenvalue weighted by atomic mass is 32.2. The molecule has 6 nitrogen and oxygen atoms in total. The fourth-order valence-corrected chi connectivity index (χ4v) is 3.15. The van der Waals surface area contributed by atoms with Gasteiger partial charge in [0.1, 0.15) is 5.60 Å². The largest absolute Gasteiger partial charge is 0.467 e. The number of amides is 1. The Morgan fingerprint density at radius 2 is 2.09 bits per heavy atom. The van der Waals surface area contributed by atoms with Crippen LogP contribution in [0.2, 0.25) is 0 Å². The minimum Gasteiger partial charge on any atom is -0.467 e. The molecule has 0 aromatic carbocycles. The fraction of sp³-hybridized carbons (Fsp3) is 0.800. The Kier molecular flexibility index (Phi) is 6.71. The number of alkyl carbamates (subject to hydrolysis) is 1. The van der Waals surface area contributed by atoms with Gasteiger partial charge in [-0.3, -0.25) is 4.99 Å². The second kappa shape index (κ2) is 7.85. The van der Waals surface area contributed by atoms with Crippen LogP contribution in [0.5, 0.6) is 0 Å². The molecule has 1 amide bonds. The number of carbonyl (C=O) groups is 2. The third-order valence-electron chi connectivity index (χ3n) is 3.30. The quantitative estimate of drug-likeness (QED) is 0.784. The summed E-state index contributed by atoms with van der Waals surface area (Å²) < 4.78 is 10.0. The number of hydrogen-bond acceptors (Lipinski definition) is 6. The van der Waals surface area contributed by atoms with Gasteiger partial charge in [0.25, 0.3) is 0 Å². The van der Waals surface area contributed by atoms with Crippen molar-refractivity contribution in [3.8, 4) is 0 Å². The molecule has 0 saturated carbocycles. The number of thioether (sulfide) groups is 1. The standard InChI is InChI=1S/C15H26N2O4S/c1-7-9(2)11(17-14(19)21-15(3,4)5)12-16-10(8-22-12)13(18)20-6/h9-11H,7-8H2,1-6H3,(H,17,19)/t9-,10-,11-/m0/s1. The van der Waals surface area contributed by atoms with E-state index < -0.39 is 17.7 Å². The van der Waals surface area contributed by atoms with Gasteiger partial charge < -0.3 is 14.8 Å². The Morgan fingerprint density at radius 1 is 1.45 bits per heavy atom. The molecule has 0 bridgehead atoms. The van der Waals surface area contributed by atoms with Crippen molar-refractivity contribution >= 4 is 28.9 Å². The second-order valence-electron chi connectivity index (χ2n) is 6.33. The molecule has 1 heterocycles. The van der Waals surface area contributed by atoms with Gasteiger partial charge in [-0.05, 0) is 26.7 Å². The Balaban J connectivity index is 2.82. The van der Waals surface area contributed by atoms with E-state index in [1.807, 2.05) is 34.6 Å². The lowest BCUT2D eigenvalue weighted by Crippen LogP contribution is -2.45. The zero-order chi connectivity index (χ0) is 16.9. The van der Waals surface area contributed by atoms with Crippen molar-refractivity contribution in [2.24, 2.45) is 10.9 Å². The monoisotopic (exact) mass is 330 g/mol. The highest BCUT2D eigenvalue weighted by Gasteiger charge is 2.33. The van der Waals surface area contributed by atoms with Crippen LogP contribution in [0, 0.1) is 5.92 Å². The van der Waals surface area contributed by atoms with Gasteiger partial charge in [-0.1, -0.05) is 20.3 Å². The van der Waals surface area contributed by atoms with Crippen molar-refractivity contribution in [3.63, 3.8) is 0 Å². The number of carbonyl (C=O) groups excluding carboxylic acids is 2. The van der Waals surface area contributed by atoms with Crippen LogP contribution in [0.4, 0.5) is 4.79 Å². The van der Waals surface area contributed by atoms with E-state index in [2.05, 4.69) is 10.3 Å². The van der Waals surface area contributed by atoms with Gasteiger partial charge in [0.05, 0.1) is 18.2 Å². The van der Waals surface area contributed by atoms with E-state index in [1.54, 1.807) is 0 Å². The van der Waals surface area contributed by atoms with Crippen LogP contribution in [-0.4, -0.2) is 47.7 Å². The van der Waals surface area contributed by atoms with Gasteiger partial charge in [0, 0.05) is 5.75 Å². The lowest BCUT2D eigenvalue weighted by molar-refractivity contribution is -0.141. The number of hydrogen-bond donors (Lipinski definition) is 1. The summed E-state index contributed by atoms with van der Waals surface area (Å²) in [5, 5.41) is 3.64. The van der Waals surface area contributed by atoms with Crippen LogP contribution in [0.3, 0.4) is 0 Å². The van der Waals surface area contributed by atoms with Gasteiger partial charge in [-0.25, -0.2) is 9.59 Å². The van der Waals surface area contributed by atoms with Crippen molar-refractivity contribution in [1.82, 2.24) is 5.32 Å². The Bertz CT molecular complexity index is 445. The number of nitrogens with one attached hydrogen (secondary N) is 1. The second-order valence-corrected chi connectivity index (χ2v) is 7.37. The van der Waals surface area contributed by atoms with Crippen molar-refractivity contribution in [3.05, 3.63) is 0 Å². The molecule has 3 atom stereocenters. The van der Waals surface area contributed by atoms with E-state index in [-0.39, 0.29) is 17.9 Å². The maximum Gasteiger partial charge on any atom is 0.408 e. The van der Waals surface area contributed by atoms with Crippen molar-refractivity contribution in [2.45, 2.75) is 58.7 Å². The summed E-state index contributed by atoms with van der Waals surface area (Å²) >= 11 is 1.48. The topological polar surface area (TPSA) is 77.0 Å².